The van der Waals surface area contributed by atoms with Gasteiger partial charge in [0.15, 0.2) is 11.5 Å². The smallest absolute Gasteiger partial charge is 0.244 e. The van der Waals surface area contributed by atoms with Crippen molar-refractivity contribution in [2.75, 3.05) is 37.9 Å². The fraction of sp³-hybridized carbons (Fsp3) is 0.417. The van der Waals surface area contributed by atoms with Crippen LogP contribution in [0.25, 0.3) is 0 Å². The highest BCUT2D eigenvalue weighted by Gasteiger charge is 2.31. The van der Waals surface area contributed by atoms with E-state index in [2.05, 4.69) is 5.32 Å². The number of carbonyl (C=O) groups is 2. The van der Waals surface area contributed by atoms with Crippen LogP contribution in [0, 0.1) is 0 Å². The molecule has 9 nitrogen and oxygen atoms in total. The number of amides is 2. The highest BCUT2D eigenvalue weighted by atomic mass is 35.5. The van der Waals surface area contributed by atoms with Gasteiger partial charge in [-0.15, -0.1) is 0 Å². The highest BCUT2D eigenvalue weighted by Crippen LogP contribution is 2.33. The summed E-state index contributed by atoms with van der Waals surface area (Å²) in [5.41, 5.74) is 0.642. The molecule has 0 heterocycles. The second-order valence-corrected chi connectivity index (χ2v) is 10.7. The Bertz CT molecular complexity index is 1170. The molecule has 1 N–H and O–H groups in total. The van der Waals surface area contributed by atoms with E-state index >= 15 is 0 Å². The zero-order chi connectivity index (χ0) is 27.0. The zero-order valence-corrected chi connectivity index (χ0v) is 23.2. The number of benzene rings is 2. The van der Waals surface area contributed by atoms with Crippen molar-refractivity contribution in [1.82, 2.24) is 10.2 Å². The maximum absolute atomic E-state index is 13.6. The molecular weight excluding hydrogens is 529 g/mol. The third kappa shape index (κ3) is 7.41. The number of hydrogen-bond donors (Lipinski definition) is 1. The van der Waals surface area contributed by atoms with Gasteiger partial charge in [0.1, 0.15) is 12.6 Å². The van der Waals surface area contributed by atoms with Gasteiger partial charge in [-0.05, 0) is 37.6 Å². The van der Waals surface area contributed by atoms with Crippen LogP contribution >= 0.6 is 23.2 Å². The van der Waals surface area contributed by atoms with Crippen LogP contribution in [-0.4, -0.2) is 64.7 Å². The van der Waals surface area contributed by atoms with Crippen molar-refractivity contribution in [3.8, 4) is 11.5 Å². The van der Waals surface area contributed by atoms with E-state index in [0.717, 1.165) is 10.6 Å². The molecule has 2 rings (SSSR count). The number of anilines is 1. The van der Waals surface area contributed by atoms with Crippen molar-refractivity contribution in [1.29, 1.82) is 0 Å². The molecule has 0 aliphatic rings. The zero-order valence-electron chi connectivity index (χ0n) is 20.9. The molecule has 0 bridgehead atoms. The fourth-order valence-corrected chi connectivity index (χ4v) is 4.78. The maximum Gasteiger partial charge on any atom is 0.244 e. The molecule has 0 saturated heterocycles. The molecule has 0 fully saturated rings. The van der Waals surface area contributed by atoms with Crippen molar-refractivity contribution in [3.63, 3.8) is 0 Å². The monoisotopic (exact) mass is 559 g/mol. The molecule has 1 atom stereocenters. The molecule has 0 spiro atoms. The number of methoxy groups -OCH3 is 2. The summed E-state index contributed by atoms with van der Waals surface area (Å²) in [6, 6.07) is 8.49. The molecule has 0 saturated carbocycles. The van der Waals surface area contributed by atoms with Gasteiger partial charge >= 0.3 is 0 Å². The Hall–Kier alpha value is -2.69. The lowest BCUT2D eigenvalue weighted by atomic mass is 10.1. The molecule has 0 radical (unpaired) electrons. The third-order valence-electron chi connectivity index (χ3n) is 5.44. The van der Waals surface area contributed by atoms with Crippen LogP contribution in [0.5, 0.6) is 11.5 Å². The van der Waals surface area contributed by atoms with Gasteiger partial charge in [0.25, 0.3) is 0 Å². The number of nitrogens with zero attached hydrogens (tertiary/aromatic N) is 2. The second kappa shape index (κ2) is 13.0. The molecule has 2 amide bonds. The number of carbonyl (C=O) groups excluding carboxylic acids is 2. The molecule has 2 aromatic carbocycles. The first-order chi connectivity index (χ1) is 16.9. The van der Waals surface area contributed by atoms with Crippen molar-refractivity contribution >= 4 is 50.7 Å². The Morgan fingerprint density at radius 3 is 2.19 bits per heavy atom. The standard InChI is InChI=1S/C24H31Cl2N3O6S/c1-6-12-27-24(31)16(2)28(14-18-19(25)8-7-9-20(18)26)23(30)15-29(36(5,32)33)17-10-11-21(34-3)22(13-17)35-4/h7-11,13,16H,6,12,14-15H2,1-5H3,(H,27,31). The Labute approximate surface area is 222 Å². The summed E-state index contributed by atoms with van der Waals surface area (Å²) in [6.07, 6.45) is 1.70. The average molecular weight is 561 g/mol. The number of rotatable bonds is 12. The number of hydrogen-bond acceptors (Lipinski definition) is 6. The maximum atomic E-state index is 13.6. The van der Waals surface area contributed by atoms with Crippen molar-refractivity contribution in [3.05, 3.63) is 52.0 Å². The van der Waals surface area contributed by atoms with Gasteiger partial charge < -0.3 is 19.7 Å². The van der Waals surface area contributed by atoms with E-state index in [9.17, 15) is 18.0 Å². The molecule has 198 valence electrons. The van der Waals surface area contributed by atoms with E-state index in [-0.39, 0.29) is 18.1 Å². The van der Waals surface area contributed by atoms with Gasteiger partial charge in [-0.3, -0.25) is 13.9 Å². The van der Waals surface area contributed by atoms with Crippen LogP contribution in [0.2, 0.25) is 10.0 Å². The minimum absolute atomic E-state index is 0.0956. The molecule has 36 heavy (non-hydrogen) atoms. The highest BCUT2D eigenvalue weighted by molar-refractivity contribution is 7.92. The summed E-state index contributed by atoms with van der Waals surface area (Å²) in [7, 11) is -1.03. The van der Waals surface area contributed by atoms with Crippen molar-refractivity contribution < 1.29 is 27.5 Å². The molecule has 0 aliphatic heterocycles. The van der Waals surface area contributed by atoms with E-state index in [1.807, 2.05) is 6.92 Å². The minimum Gasteiger partial charge on any atom is -0.493 e. The first-order valence-corrected chi connectivity index (χ1v) is 13.7. The quantitative estimate of drug-likeness (QED) is 0.425. The summed E-state index contributed by atoms with van der Waals surface area (Å²) >= 11 is 12.7. The van der Waals surface area contributed by atoms with Crippen LogP contribution in [0.15, 0.2) is 36.4 Å². The molecular formula is C24H31Cl2N3O6S. The predicted molar refractivity (Wildman–Crippen MR) is 142 cm³/mol. The first kappa shape index (κ1) is 29.5. The summed E-state index contributed by atoms with van der Waals surface area (Å²) in [4.78, 5) is 27.6. The van der Waals surface area contributed by atoms with Crippen LogP contribution in [0.1, 0.15) is 25.8 Å². The molecule has 12 heteroatoms. The average Bonchev–Trinajstić information content (AvgIpc) is 2.84. The van der Waals surface area contributed by atoms with Gasteiger partial charge in [0.05, 0.1) is 26.2 Å². The molecule has 1 unspecified atom stereocenters. The SMILES string of the molecule is CCCNC(=O)C(C)N(Cc1c(Cl)cccc1Cl)C(=O)CN(c1ccc(OC)c(OC)c1)S(C)(=O)=O. The molecule has 0 aromatic heterocycles. The Kier molecular flexibility index (Phi) is 10.7. The van der Waals surface area contributed by atoms with Crippen LogP contribution in [0.3, 0.4) is 0 Å². The second-order valence-electron chi connectivity index (χ2n) is 8.00. The van der Waals surface area contributed by atoms with Gasteiger partial charge in [-0.2, -0.15) is 0 Å². The largest absolute Gasteiger partial charge is 0.493 e. The lowest BCUT2D eigenvalue weighted by molar-refractivity contribution is -0.139. The normalized spacial score (nSPS) is 12.0. The summed E-state index contributed by atoms with van der Waals surface area (Å²) in [5, 5.41) is 3.41. The fourth-order valence-electron chi connectivity index (χ4n) is 3.43. The predicted octanol–water partition coefficient (Wildman–Crippen LogP) is 3.72. The van der Waals surface area contributed by atoms with Crippen LogP contribution in [-0.2, 0) is 26.2 Å². The Balaban J connectivity index is 2.48. The van der Waals surface area contributed by atoms with E-state index in [0.29, 0.717) is 40.1 Å². The molecule has 0 aliphatic carbocycles. The van der Waals surface area contributed by atoms with Gasteiger partial charge in [0, 0.05) is 34.8 Å². The summed E-state index contributed by atoms with van der Waals surface area (Å²) in [6.45, 7) is 3.24. The lowest BCUT2D eigenvalue weighted by Crippen LogP contribution is -2.51. The van der Waals surface area contributed by atoms with Gasteiger partial charge in [-0.25, -0.2) is 8.42 Å². The van der Waals surface area contributed by atoms with Crippen LogP contribution in [0.4, 0.5) is 5.69 Å². The number of sulfonamides is 1. The van der Waals surface area contributed by atoms with Crippen LogP contribution < -0.4 is 19.1 Å². The number of nitrogens with one attached hydrogen (secondary N) is 1. The molecule has 2 aromatic rings. The topological polar surface area (TPSA) is 105 Å². The van der Waals surface area contributed by atoms with Gasteiger partial charge in [0.2, 0.25) is 21.8 Å². The third-order valence-corrected chi connectivity index (χ3v) is 7.29. The number of halogens is 2. The van der Waals surface area contributed by atoms with E-state index in [1.54, 1.807) is 31.2 Å². The number of ether oxygens (including phenoxy) is 2. The van der Waals surface area contributed by atoms with Crippen molar-refractivity contribution in [2.45, 2.75) is 32.9 Å². The summed E-state index contributed by atoms with van der Waals surface area (Å²) < 4.78 is 36.9. The van der Waals surface area contributed by atoms with E-state index < -0.39 is 28.5 Å². The first-order valence-electron chi connectivity index (χ1n) is 11.1. The van der Waals surface area contributed by atoms with Crippen molar-refractivity contribution in [2.24, 2.45) is 0 Å². The minimum atomic E-state index is -3.90. The summed E-state index contributed by atoms with van der Waals surface area (Å²) in [5.74, 6) is -0.309. The lowest BCUT2D eigenvalue weighted by Gasteiger charge is -2.32. The Morgan fingerprint density at radius 2 is 1.67 bits per heavy atom. The van der Waals surface area contributed by atoms with Gasteiger partial charge in [-0.1, -0.05) is 36.2 Å². The van der Waals surface area contributed by atoms with E-state index in [4.69, 9.17) is 32.7 Å². The van der Waals surface area contributed by atoms with E-state index in [1.165, 1.54) is 31.3 Å². The Morgan fingerprint density at radius 1 is 1.06 bits per heavy atom.